The summed E-state index contributed by atoms with van der Waals surface area (Å²) in [5.74, 6) is 2.33. The number of amides is 1. The van der Waals surface area contributed by atoms with Gasteiger partial charge in [0, 0.05) is 43.9 Å². The molecule has 1 amide bonds. The van der Waals surface area contributed by atoms with Gasteiger partial charge < -0.3 is 9.42 Å². The van der Waals surface area contributed by atoms with Gasteiger partial charge in [0.1, 0.15) is 0 Å². The average molecular weight is 314 g/mol. The predicted molar refractivity (Wildman–Crippen MR) is 85.4 cm³/mol. The highest BCUT2D eigenvalue weighted by Crippen LogP contribution is 2.22. The second kappa shape index (κ2) is 6.89. The summed E-state index contributed by atoms with van der Waals surface area (Å²) in [6.07, 6.45) is 5.47. The van der Waals surface area contributed by atoms with Crippen LogP contribution >= 0.6 is 0 Å². The molecule has 0 radical (unpaired) electrons. The Balaban J connectivity index is 1.56. The molecule has 2 aromatic heterocycles. The molecule has 0 spiro atoms. The van der Waals surface area contributed by atoms with Gasteiger partial charge in [-0.2, -0.15) is 4.98 Å². The zero-order valence-corrected chi connectivity index (χ0v) is 13.6. The van der Waals surface area contributed by atoms with Crippen LogP contribution in [0.2, 0.25) is 0 Å². The molecule has 1 aliphatic heterocycles. The van der Waals surface area contributed by atoms with Crippen molar-refractivity contribution in [2.75, 3.05) is 13.1 Å². The van der Waals surface area contributed by atoms with Crippen molar-refractivity contribution in [3.63, 3.8) is 0 Å². The van der Waals surface area contributed by atoms with Crippen LogP contribution in [0.25, 0.3) is 11.4 Å². The molecule has 2 atom stereocenters. The smallest absolute Gasteiger partial charge is 0.227 e. The Kier molecular flexibility index (Phi) is 4.69. The number of likely N-dealkylation sites (tertiary alicyclic amines) is 1. The van der Waals surface area contributed by atoms with Gasteiger partial charge in [0.15, 0.2) is 0 Å². The molecule has 6 heteroatoms. The molecule has 0 bridgehead atoms. The third-order valence-electron chi connectivity index (χ3n) is 4.16. The van der Waals surface area contributed by atoms with E-state index in [1.807, 2.05) is 17.0 Å². The first-order chi connectivity index (χ1) is 11.1. The Bertz CT molecular complexity index is 646. The Labute approximate surface area is 135 Å². The minimum atomic E-state index is 0.171. The lowest BCUT2D eigenvalue weighted by Gasteiger charge is -2.35. The van der Waals surface area contributed by atoms with E-state index in [2.05, 4.69) is 29.0 Å². The summed E-state index contributed by atoms with van der Waals surface area (Å²) in [4.78, 5) is 22.7. The lowest BCUT2D eigenvalue weighted by molar-refractivity contribution is -0.133. The van der Waals surface area contributed by atoms with Crippen LogP contribution in [0.4, 0.5) is 0 Å². The zero-order chi connectivity index (χ0) is 16.2. The standard InChI is InChI=1S/C17H22N4O2/c1-12-8-13(2)11-21(10-12)16(22)6-5-15-19-17(20-23-15)14-4-3-7-18-9-14/h3-4,7,9,12-13H,5-6,8,10-11H2,1-2H3. The SMILES string of the molecule is CC1CC(C)CN(C(=O)CCc2nc(-c3cccnc3)no2)C1. The number of rotatable bonds is 4. The van der Waals surface area contributed by atoms with Crippen LogP contribution < -0.4 is 0 Å². The van der Waals surface area contributed by atoms with Crippen molar-refractivity contribution in [2.45, 2.75) is 33.1 Å². The van der Waals surface area contributed by atoms with Gasteiger partial charge in [0.2, 0.25) is 17.6 Å². The van der Waals surface area contributed by atoms with Crippen LogP contribution in [0, 0.1) is 11.8 Å². The van der Waals surface area contributed by atoms with Gasteiger partial charge in [0.05, 0.1) is 0 Å². The topological polar surface area (TPSA) is 72.1 Å². The van der Waals surface area contributed by atoms with Gasteiger partial charge in [-0.3, -0.25) is 9.78 Å². The molecule has 0 N–H and O–H groups in total. The first kappa shape index (κ1) is 15.6. The maximum absolute atomic E-state index is 12.4. The molecule has 6 nitrogen and oxygen atoms in total. The maximum atomic E-state index is 12.4. The molecular formula is C17H22N4O2. The Morgan fingerprint density at radius 2 is 2.13 bits per heavy atom. The number of hydrogen-bond donors (Lipinski definition) is 0. The van der Waals surface area contributed by atoms with E-state index in [0.717, 1.165) is 18.7 Å². The lowest BCUT2D eigenvalue weighted by Crippen LogP contribution is -2.42. The number of carbonyl (C=O) groups is 1. The van der Waals surface area contributed by atoms with Gasteiger partial charge in [-0.25, -0.2) is 0 Å². The number of pyridine rings is 1. The Morgan fingerprint density at radius 3 is 2.83 bits per heavy atom. The Hall–Kier alpha value is -2.24. The highest BCUT2D eigenvalue weighted by molar-refractivity contribution is 5.76. The third kappa shape index (κ3) is 3.94. The van der Waals surface area contributed by atoms with E-state index in [4.69, 9.17) is 4.52 Å². The van der Waals surface area contributed by atoms with Crippen LogP contribution in [-0.4, -0.2) is 39.0 Å². The van der Waals surface area contributed by atoms with Gasteiger partial charge in [-0.15, -0.1) is 0 Å². The molecule has 0 aliphatic carbocycles. The van der Waals surface area contributed by atoms with Gasteiger partial charge >= 0.3 is 0 Å². The number of aryl methyl sites for hydroxylation is 1. The molecule has 23 heavy (non-hydrogen) atoms. The summed E-state index contributed by atoms with van der Waals surface area (Å²) < 4.78 is 5.24. The van der Waals surface area contributed by atoms with Crippen LogP contribution in [-0.2, 0) is 11.2 Å². The highest BCUT2D eigenvalue weighted by atomic mass is 16.5. The number of hydrogen-bond acceptors (Lipinski definition) is 5. The maximum Gasteiger partial charge on any atom is 0.227 e. The van der Waals surface area contributed by atoms with E-state index in [0.29, 0.717) is 36.4 Å². The monoisotopic (exact) mass is 314 g/mol. The van der Waals surface area contributed by atoms with Crippen molar-refractivity contribution < 1.29 is 9.32 Å². The molecular weight excluding hydrogens is 292 g/mol. The normalized spacial score (nSPS) is 21.4. The average Bonchev–Trinajstić information content (AvgIpc) is 3.01. The molecule has 0 aromatic carbocycles. The summed E-state index contributed by atoms with van der Waals surface area (Å²) in [5.41, 5.74) is 0.813. The van der Waals surface area contributed by atoms with Gasteiger partial charge in [-0.05, 0) is 30.4 Å². The predicted octanol–water partition coefficient (Wildman–Crippen LogP) is 2.57. The Morgan fingerprint density at radius 1 is 1.35 bits per heavy atom. The first-order valence-corrected chi connectivity index (χ1v) is 8.12. The lowest BCUT2D eigenvalue weighted by atomic mass is 9.91. The van der Waals surface area contributed by atoms with Crippen molar-refractivity contribution in [2.24, 2.45) is 11.8 Å². The molecule has 3 heterocycles. The number of nitrogens with zero attached hydrogens (tertiary/aromatic N) is 4. The number of aromatic nitrogens is 3. The molecule has 1 aliphatic rings. The quantitative estimate of drug-likeness (QED) is 0.867. The van der Waals surface area contributed by atoms with Crippen LogP contribution in [0.3, 0.4) is 0 Å². The van der Waals surface area contributed by atoms with Crippen molar-refractivity contribution in [1.82, 2.24) is 20.0 Å². The minimum Gasteiger partial charge on any atom is -0.342 e. The fraction of sp³-hybridized carbons (Fsp3) is 0.529. The van der Waals surface area contributed by atoms with Crippen molar-refractivity contribution >= 4 is 5.91 Å². The summed E-state index contributed by atoms with van der Waals surface area (Å²) in [5, 5.41) is 3.95. The van der Waals surface area contributed by atoms with Crippen LogP contribution in [0.1, 0.15) is 32.6 Å². The van der Waals surface area contributed by atoms with E-state index >= 15 is 0 Å². The van der Waals surface area contributed by atoms with E-state index in [-0.39, 0.29) is 5.91 Å². The molecule has 2 unspecified atom stereocenters. The fourth-order valence-corrected chi connectivity index (χ4v) is 3.21. The second-order valence-corrected chi connectivity index (χ2v) is 6.50. The zero-order valence-electron chi connectivity index (χ0n) is 13.6. The molecule has 0 saturated carbocycles. The first-order valence-electron chi connectivity index (χ1n) is 8.12. The summed E-state index contributed by atoms with van der Waals surface area (Å²) in [7, 11) is 0. The minimum absolute atomic E-state index is 0.171. The van der Waals surface area contributed by atoms with Crippen molar-refractivity contribution in [3.05, 3.63) is 30.4 Å². The summed E-state index contributed by atoms with van der Waals surface area (Å²) in [6, 6.07) is 3.71. The number of carbonyl (C=O) groups excluding carboxylic acids is 1. The molecule has 2 aromatic rings. The molecule has 3 rings (SSSR count). The third-order valence-corrected chi connectivity index (χ3v) is 4.16. The fourth-order valence-electron chi connectivity index (χ4n) is 3.21. The van der Waals surface area contributed by atoms with Crippen molar-refractivity contribution in [3.8, 4) is 11.4 Å². The van der Waals surface area contributed by atoms with E-state index < -0.39 is 0 Å². The number of piperidine rings is 1. The highest BCUT2D eigenvalue weighted by Gasteiger charge is 2.25. The summed E-state index contributed by atoms with van der Waals surface area (Å²) in [6.45, 7) is 6.12. The van der Waals surface area contributed by atoms with E-state index in [1.165, 1.54) is 6.42 Å². The molecule has 1 saturated heterocycles. The largest absolute Gasteiger partial charge is 0.342 e. The van der Waals surface area contributed by atoms with Crippen molar-refractivity contribution in [1.29, 1.82) is 0 Å². The van der Waals surface area contributed by atoms with E-state index in [9.17, 15) is 4.79 Å². The molecule has 122 valence electrons. The van der Waals surface area contributed by atoms with Gasteiger partial charge in [-0.1, -0.05) is 19.0 Å². The van der Waals surface area contributed by atoms with E-state index in [1.54, 1.807) is 12.4 Å². The van der Waals surface area contributed by atoms with Crippen LogP contribution in [0.5, 0.6) is 0 Å². The van der Waals surface area contributed by atoms with Crippen LogP contribution in [0.15, 0.2) is 29.0 Å². The second-order valence-electron chi connectivity index (χ2n) is 6.50. The molecule has 1 fully saturated rings. The van der Waals surface area contributed by atoms with Gasteiger partial charge in [0.25, 0.3) is 0 Å². The summed E-state index contributed by atoms with van der Waals surface area (Å²) >= 11 is 0.